The lowest BCUT2D eigenvalue weighted by Gasteiger charge is -2.18. The van der Waals surface area contributed by atoms with Gasteiger partial charge in [0.05, 0.1) is 18.3 Å². The Labute approximate surface area is 139 Å². The molecule has 1 unspecified atom stereocenters. The van der Waals surface area contributed by atoms with Gasteiger partial charge in [0.15, 0.2) is 5.82 Å². The van der Waals surface area contributed by atoms with Crippen molar-refractivity contribution in [3.63, 3.8) is 0 Å². The number of aromatic nitrogens is 2. The van der Waals surface area contributed by atoms with E-state index >= 15 is 0 Å². The Morgan fingerprint density at radius 2 is 1.96 bits per heavy atom. The Balaban J connectivity index is 1.69. The molecule has 1 atom stereocenters. The molecule has 3 rings (SSSR count). The average Bonchev–Trinajstić information content (AvgIpc) is 3.02. The van der Waals surface area contributed by atoms with Crippen molar-refractivity contribution in [3.05, 3.63) is 77.8 Å². The van der Waals surface area contributed by atoms with Crippen molar-refractivity contribution < 1.29 is 9.32 Å². The molecule has 0 saturated carbocycles. The van der Waals surface area contributed by atoms with Crippen LogP contribution >= 0.6 is 0 Å². The molecule has 0 aliphatic rings. The molecule has 2 aromatic heterocycles. The fraction of sp³-hybridized carbons (Fsp3) is 0.167. The number of pyridine rings is 1. The van der Waals surface area contributed by atoms with Crippen molar-refractivity contribution >= 4 is 11.7 Å². The molecule has 1 aromatic carbocycles. The van der Waals surface area contributed by atoms with Crippen molar-refractivity contribution in [1.29, 1.82) is 0 Å². The molecule has 0 aliphatic carbocycles. The van der Waals surface area contributed by atoms with Crippen LogP contribution in [0.2, 0.25) is 0 Å². The fourth-order valence-electron chi connectivity index (χ4n) is 2.39. The zero-order valence-electron chi connectivity index (χ0n) is 13.3. The van der Waals surface area contributed by atoms with Crippen LogP contribution in [0.5, 0.6) is 0 Å². The Morgan fingerprint density at radius 3 is 2.62 bits per heavy atom. The summed E-state index contributed by atoms with van der Waals surface area (Å²) in [6.45, 7) is 1.90. The Morgan fingerprint density at radius 1 is 1.17 bits per heavy atom. The third kappa shape index (κ3) is 4.05. The van der Waals surface area contributed by atoms with E-state index in [9.17, 15) is 4.79 Å². The van der Waals surface area contributed by atoms with E-state index in [4.69, 9.17) is 4.52 Å². The van der Waals surface area contributed by atoms with Gasteiger partial charge in [0.1, 0.15) is 5.76 Å². The van der Waals surface area contributed by atoms with Crippen LogP contribution in [0, 0.1) is 6.92 Å². The number of rotatable bonds is 6. The van der Waals surface area contributed by atoms with E-state index in [-0.39, 0.29) is 18.5 Å². The molecule has 6 heteroatoms. The molecule has 6 nitrogen and oxygen atoms in total. The van der Waals surface area contributed by atoms with Crippen LogP contribution < -0.4 is 10.6 Å². The first-order valence-electron chi connectivity index (χ1n) is 7.65. The molecule has 2 N–H and O–H groups in total. The zero-order chi connectivity index (χ0) is 16.8. The SMILES string of the molecule is Cc1cc(NC(=O)CNC(c2ccccc2)c2ccccn2)no1. The number of benzene rings is 1. The number of hydrogen-bond acceptors (Lipinski definition) is 5. The number of amides is 1. The van der Waals surface area contributed by atoms with E-state index in [0.29, 0.717) is 11.6 Å². The van der Waals surface area contributed by atoms with Crippen LogP contribution in [0.25, 0.3) is 0 Å². The lowest BCUT2D eigenvalue weighted by atomic mass is 10.0. The minimum Gasteiger partial charge on any atom is -0.360 e. The number of nitrogens with zero attached hydrogens (tertiary/aromatic N) is 2. The predicted octanol–water partition coefficient (Wildman–Crippen LogP) is 2.70. The van der Waals surface area contributed by atoms with Crippen molar-refractivity contribution in [2.45, 2.75) is 13.0 Å². The Hall–Kier alpha value is -2.99. The molecule has 122 valence electrons. The highest BCUT2D eigenvalue weighted by Crippen LogP contribution is 2.19. The summed E-state index contributed by atoms with van der Waals surface area (Å²) in [5, 5.41) is 9.69. The minimum atomic E-state index is -0.194. The molecule has 0 spiro atoms. The molecule has 0 radical (unpaired) electrons. The molecule has 0 saturated heterocycles. The van der Waals surface area contributed by atoms with Crippen molar-refractivity contribution in [3.8, 4) is 0 Å². The number of carbonyl (C=O) groups is 1. The lowest BCUT2D eigenvalue weighted by molar-refractivity contribution is -0.115. The first-order valence-corrected chi connectivity index (χ1v) is 7.65. The van der Waals surface area contributed by atoms with Crippen LogP contribution in [0.4, 0.5) is 5.82 Å². The van der Waals surface area contributed by atoms with Gasteiger partial charge in [0.25, 0.3) is 0 Å². The summed E-state index contributed by atoms with van der Waals surface area (Å²) in [6.07, 6.45) is 1.74. The van der Waals surface area contributed by atoms with E-state index in [1.165, 1.54) is 0 Å². The van der Waals surface area contributed by atoms with Gasteiger partial charge in [0.2, 0.25) is 5.91 Å². The zero-order valence-corrected chi connectivity index (χ0v) is 13.3. The van der Waals surface area contributed by atoms with Crippen molar-refractivity contribution in [2.75, 3.05) is 11.9 Å². The maximum absolute atomic E-state index is 12.1. The molecule has 0 aliphatic heterocycles. The average molecular weight is 322 g/mol. The van der Waals surface area contributed by atoms with Gasteiger partial charge < -0.3 is 9.84 Å². The maximum Gasteiger partial charge on any atom is 0.239 e. The monoisotopic (exact) mass is 322 g/mol. The van der Waals surface area contributed by atoms with E-state index in [0.717, 1.165) is 11.3 Å². The molecule has 3 aromatic rings. The highest BCUT2D eigenvalue weighted by Gasteiger charge is 2.16. The van der Waals surface area contributed by atoms with Crippen molar-refractivity contribution in [2.24, 2.45) is 0 Å². The summed E-state index contributed by atoms with van der Waals surface area (Å²) < 4.78 is 4.93. The fourth-order valence-corrected chi connectivity index (χ4v) is 2.39. The quantitative estimate of drug-likeness (QED) is 0.729. The second-order valence-electron chi connectivity index (χ2n) is 5.35. The second kappa shape index (κ2) is 7.52. The first kappa shape index (κ1) is 15.9. The van der Waals surface area contributed by atoms with Crippen molar-refractivity contribution in [1.82, 2.24) is 15.5 Å². The molecular formula is C18H18N4O2. The van der Waals surface area contributed by atoms with Gasteiger partial charge in [-0.3, -0.25) is 15.1 Å². The summed E-state index contributed by atoms with van der Waals surface area (Å²) in [6, 6.07) is 17.1. The standard InChI is InChI=1S/C18H18N4O2/c1-13-11-16(22-24-13)21-17(23)12-20-18(14-7-3-2-4-8-14)15-9-5-6-10-19-15/h2-11,18,20H,12H2,1H3,(H,21,22,23). The number of aryl methyl sites for hydroxylation is 1. The lowest BCUT2D eigenvalue weighted by Crippen LogP contribution is -2.32. The molecule has 2 heterocycles. The van der Waals surface area contributed by atoms with Crippen LogP contribution in [-0.4, -0.2) is 22.6 Å². The number of anilines is 1. The first-order chi connectivity index (χ1) is 11.7. The van der Waals surface area contributed by atoms with Crippen LogP contribution in [0.3, 0.4) is 0 Å². The number of nitrogens with one attached hydrogen (secondary N) is 2. The highest BCUT2D eigenvalue weighted by atomic mass is 16.5. The molecule has 1 amide bonds. The maximum atomic E-state index is 12.1. The summed E-state index contributed by atoms with van der Waals surface area (Å²) >= 11 is 0. The van der Waals surface area contributed by atoms with E-state index < -0.39 is 0 Å². The largest absolute Gasteiger partial charge is 0.360 e. The van der Waals surface area contributed by atoms with Crippen LogP contribution in [0.1, 0.15) is 23.1 Å². The Bertz CT molecular complexity index is 748. The van der Waals surface area contributed by atoms with E-state index in [1.807, 2.05) is 48.5 Å². The number of carbonyl (C=O) groups excluding carboxylic acids is 1. The topological polar surface area (TPSA) is 80.0 Å². The van der Waals surface area contributed by atoms with Gasteiger partial charge in [-0.1, -0.05) is 41.6 Å². The van der Waals surface area contributed by atoms with Crippen LogP contribution in [-0.2, 0) is 4.79 Å². The molecular weight excluding hydrogens is 304 g/mol. The van der Waals surface area contributed by atoms with Gasteiger partial charge in [-0.15, -0.1) is 0 Å². The minimum absolute atomic E-state index is 0.127. The number of hydrogen-bond donors (Lipinski definition) is 2. The summed E-state index contributed by atoms with van der Waals surface area (Å²) in [7, 11) is 0. The predicted molar refractivity (Wildman–Crippen MR) is 90.4 cm³/mol. The van der Waals surface area contributed by atoms with E-state index in [2.05, 4.69) is 20.8 Å². The summed E-state index contributed by atoms with van der Waals surface area (Å²) in [5.74, 6) is 0.863. The molecule has 0 fully saturated rings. The van der Waals surface area contributed by atoms with Crippen LogP contribution in [0.15, 0.2) is 65.3 Å². The Kier molecular flexibility index (Phi) is 4.98. The van der Waals surface area contributed by atoms with Gasteiger partial charge in [-0.05, 0) is 24.6 Å². The summed E-state index contributed by atoms with van der Waals surface area (Å²) in [5.41, 5.74) is 1.90. The smallest absolute Gasteiger partial charge is 0.239 e. The van der Waals surface area contributed by atoms with E-state index in [1.54, 1.807) is 19.2 Å². The molecule has 24 heavy (non-hydrogen) atoms. The molecule has 0 bridgehead atoms. The summed E-state index contributed by atoms with van der Waals surface area (Å²) in [4.78, 5) is 16.5. The third-order valence-electron chi connectivity index (χ3n) is 3.48. The van der Waals surface area contributed by atoms with Gasteiger partial charge in [-0.25, -0.2) is 0 Å². The normalized spacial score (nSPS) is 11.9. The van der Waals surface area contributed by atoms with Gasteiger partial charge in [0, 0.05) is 12.3 Å². The van der Waals surface area contributed by atoms with Gasteiger partial charge in [-0.2, -0.15) is 0 Å². The third-order valence-corrected chi connectivity index (χ3v) is 3.48. The van der Waals surface area contributed by atoms with Gasteiger partial charge >= 0.3 is 0 Å². The second-order valence-corrected chi connectivity index (χ2v) is 5.35. The highest BCUT2D eigenvalue weighted by molar-refractivity contribution is 5.91.